The summed E-state index contributed by atoms with van der Waals surface area (Å²) in [5.74, 6) is -1.15. The van der Waals surface area contributed by atoms with Gasteiger partial charge >= 0.3 is 5.97 Å². The molecule has 5 nitrogen and oxygen atoms in total. The number of carboxylic acid groups (broad SMARTS) is 1. The molecule has 19 heavy (non-hydrogen) atoms. The Morgan fingerprint density at radius 3 is 2.63 bits per heavy atom. The number of aliphatic carboxylic acids is 1. The molecule has 0 aliphatic rings. The number of rotatable bonds is 4. The smallest absolute Gasteiger partial charge is 0.325 e. The van der Waals surface area contributed by atoms with Crippen molar-refractivity contribution in [3.05, 3.63) is 27.9 Å². The first-order chi connectivity index (χ1) is 8.93. The van der Waals surface area contributed by atoms with E-state index < -0.39 is 5.97 Å². The average Bonchev–Trinajstić information content (AvgIpc) is 2.66. The standard InChI is InChI=1S/C13H13BrN2O3/c1-3-8-4-9(14)5-10-12(7(2)17)15-16(13(8)10)6-11(18)19/h4-5H,3,6H2,1-2H3,(H,18,19). The number of halogens is 1. The topological polar surface area (TPSA) is 72.2 Å². The van der Waals surface area contributed by atoms with Crippen LogP contribution in [0.25, 0.3) is 10.9 Å². The Kier molecular flexibility index (Phi) is 3.71. The fraction of sp³-hybridized carbons (Fsp3) is 0.308. The Balaban J connectivity index is 2.82. The molecule has 100 valence electrons. The van der Waals surface area contributed by atoms with Crippen molar-refractivity contribution >= 4 is 38.6 Å². The van der Waals surface area contributed by atoms with Gasteiger partial charge in [0.05, 0.1) is 5.52 Å². The molecule has 1 heterocycles. The largest absolute Gasteiger partial charge is 0.480 e. The van der Waals surface area contributed by atoms with Crippen molar-refractivity contribution in [3.63, 3.8) is 0 Å². The zero-order valence-electron chi connectivity index (χ0n) is 10.6. The predicted molar refractivity (Wildman–Crippen MR) is 74.5 cm³/mol. The number of hydrogen-bond acceptors (Lipinski definition) is 3. The van der Waals surface area contributed by atoms with Crippen molar-refractivity contribution in [2.45, 2.75) is 26.8 Å². The number of hydrogen-bond donors (Lipinski definition) is 1. The van der Waals surface area contributed by atoms with Gasteiger partial charge in [-0.05, 0) is 24.1 Å². The Bertz CT molecular complexity index is 676. The summed E-state index contributed by atoms with van der Waals surface area (Å²) in [7, 11) is 0. The lowest BCUT2D eigenvalue weighted by Crippen LogP contribution is -2.11. The van der Waals surface area contributed by atoms with Crippen LogP contribution in [0.2, 0.25) is 0 Å². The van der Waals surface area contributed by atoms with E-state index in [1.165, 1.54) is 11.6 Å². The lowest BCUT2D eigenvalue weighted by atomic mass is 10.1. The zero-order valence-corrected chi connectivity index (χ0v) is 12.2. The van der Waals surface area contributed by atoms with E-state index >= 15 is 0 Å². The lowest BCUT2D eigenvalue weighted by Gasteiger charge is -2.05. The van der Waals surface area contributed by atoms with Crippen LogP contribution in [0.5, 0.6) is 0 Å². The third-order valence-electron chi connectivity index (χ3n) is 2.89. The van der Waals surface area contributed by atoms with Gasteiger partial charge in [0.15, 0.2) is 5.78 Å². The van der Waals surface area contributed by atoms with Crippen LogP contribution in [0.4, 0.5) is 0 Å². The third kappa shape index (κ3) is 2.53. The maximum atomic E-state index is 11.6. The molecule has 0 saturated heterocycles. The number of Topliss-reactive ketones (excluding diaryl/α,β-unsaturated/α-hetero) is 1. The summed E-state index contributed by atoms with van der Waals surface area (Å²) in [6.07, 6.45) is 0.735. The molecular weight excluding hydrogens is 312 g/mol. The van der Waals surface area contributed by atoms with Crippen LogP contribution >= 0.6 is 15.9 Å². The summed E-state index contributed by atoms with van der Waals surface area (Å²) < 4.78 is 2.24. The Hall–Kier alpha value is -1.69. The first-order valence-corrected chi connectivity index (χ1v) is 6.65. The number of aromatic nitrogens is 2. The lowest BCUT2D eigenvalue weighted by molar-refractivity contribution is -0.137. The summed E-state index contributed by atoms with van der Waals surface area (Å²) in [5.41, 5.74) is 2.00. The van der Waals surface area contributed by atoms with E-state index in [1.54, 1.807) is 6.07 Å². The van der Waals surface area contributed by atoms with Crippen LogP contribution in [0, 0.1) is 0 Å². The summed E-state index contributed by atoms with van der Waals surface area (Å²) in [6, 6.07) is 3.73. The summed E-state index contributed by atoms with van der Waals surface area (Å²) in [6.45, 7) is 3.16. The fourth-order valence-electron chi connectivity index (χ4n) is 2.14. The van der Waals surface area contributed by atoms with Crippen LogP contribution < -0.4 is 0 Å². The number of fused-ring (bicyclic) bond motifs is 1. The van der Waals surface area contributed by atoms with Gasteiger partial charge in [0, 0.05) is 16.8 Å². The molecule has 0 unspecified atom stereocenters. The minimum Gasteiger partial charge on any atom is -0.480 e. The van der Waals surface area contributed by atoms with Gasteiger partial charge < -0.3 is 5.11 Å². The first kappa shape index (κ1) is 13.7. The van der Waals surface area contributed by atoms with E-state index in [4.69, 9.17) is 5.11 Å². The van der Waals surface area contributed by atoms with Crippen molar-refractivity contribution in [2.24, 2.45) is 0 Å². The van der Waals surface area contributed by atoms with Gasteiger partial charge in [-0.2, -0.15) is 5.10 Å². The molecular formula is C13H13BrN2O3. The molecule has 2 rings (SSSR count). The van der Waals surface area contributed by atoms with Gasteiger partial charge in [0.25, 0.3) is 0 Å². The molecule has 2 aromatic rings. The molecule has 0 saturated carbocycles. The molecule has 0 radical (unpaired) electrons. The molecule has 1 aromatic heterocycles. The molecule has 0 spiro atoms. The number of ketones is 1. The predicted octanol–water partition coefficient (Wildman–Crippen LogP) is 2.65. The molecule has 0 bridgehead atoms. The van der Waals surface area contributed by atoms with Crippen LogP contribution in [0.3, 0.4) is 0 Å². The van der Waals surface area contributed by atoms with Crippen molar-refractivity contribution in [2.75, 3.05) is 0 Å². The number of nitrogens with zero attached hydrogens (tertiary/aromatic N) is 2. The van der Waals surface area contributed by atoms with Gasteiger partial charge in [-0.25, -0.2) is 0 Å². The van der Waals surface area contributed by atoms with Gasteiger partial charge in [-0.3, -0.25) is 14.3 Å². The molecule has 0 atom stereocenters. The number of carbonyl (C=O) groups is 2. The average molecular weight is 325 g/mol. The van der Waals surface area contributed by atoms with E-state index in [-0.39, 0.29) is 12.3 Å². The fourth-order valence-corrected chi connectivity index (χ4v) is 2.64. The second-order valence-corrected chi connectivity index (χ2v) is 5.19. The monoisotopic (exact) mass is 324 g/mol. The van der Waals surface area contributed by atoms with E-state index in [9.17, 15) is 9.59 Å². The molecule has 1 N–H and O–H groups in total. The summed E-state index contributed by atoms with van der Waals surface area (Å²) in [5, 5.41) is 13.8. The number of aryl methyl sites for hydroxylation is 1. The van der Waals surface area contributed by atoms with Gasteiger partial charge in [-0.15, -0.1) is 0 Å². The molecule has 6 heteroatoms. The second kappa shape index (κ2) is 5.13. The Morgan fingerprint density at radius 1 is 1.42 bits per heavy atom. The normalized spacial score (nSPS) is 10.9. The Labute approximate surface area is 118 Å². The van der Waals surface area contributed by atoms with Gasteiger partial charge in [-0.1, -0.05) is 22.9 Å². The summed E-state index contributed by atoms with van der Waals surface area (Å²) in [4.78, 5) is 22.5. The molecule has 0 amide bonds. The van der Waals surface area contributed by atoms with Crippen molar-refractivity contribution in [1.82, 2.24) is 9.78 Å². The highest BCUT2D eigenvalue weighted by Crippen LogP contribution is 2.28. The SMILES string of the molecule is CCc1cc(Br)cc2c(C(C)=O)nn(CC(=O)O)c12. The van der Waals surface area contributed by atoms with E-state index in [0.29, 0.717) is 11.1 Å². The van der Waals surface area contributed by atoms with Crippen LogP contribution in [-0.4, -0.2) is 26.6 Å². The maximum absolute atomic E-state index is 11.6. The molecule has 0 aliphatic heterocycles. The third-order valence-corrected chi connectivity index (χ3v) is 3.34. The van der Waals surface area contributed by atoms with E-state index in [2.05, 4.69) is 21.0 Å². The number of carbonyl (C=O) groups excluding carboxylic acids is 1. The highest BCUT2D eigenvalue weighted by molar-refractivity contribution is 9.10. The van der Waals surface area contributed by atoms with Gasteiger partial charge in [0.2, 0.25) is 0 Å². The molecule has 1 aromatic carbocycles. The highest BCUT2D eigenvalue weighted by Gasteiger charge is 2.18. The summed E-state index contributed by atoms with van der Waals surface area (Å²) >= 11 is 3.40. The number of benzene rings is 1. The molecule has 0 aliphatic carbocycles. The minimum atomic E-state index is -0.982. The van der Waals surface area contributed by atoms with E-state index in [1.807, 2.05) is 13.0 Å². The second-order valence-electron chi connectivity index (χ2n) is 4.27. The van der Waals surface area contributed by atoms with Crippen molar-refractivity contribution < 1.29 is 14.7 Å². The zero-order chi connectivity index (χ0) is 14.2. The van der Waals surface area contributed by atoms with Crippen LogP contribution in [0.15, 0.2) is 16.6 Å². The maximum Gasteiger partial charge on any atom is 0.325 e. The van der Waals surface area contributed by atoms with Crippen molar-refractivity contribution in [1.29, 1.82) is 0 Å². The van der Waals surface area contributed by atoms with E-state index in [0.717, 1.165) is 22.0 Å². The first-order valence-electron chi connectivity index (χ1n) is 5.85. The molecule has 0 fully saturated rings. The van der Waals surface area contributed by atoms with Crippen LogP contribution in [0.1, 0.15) is 29.9 Å². The van der Waals surface area contributed by atoms with Crippen molar-refractivity contribution in [3.8, 4) is 0 Å². The van der Waals surface area contributed by atoms with Gasteiger partial charge in [0.1, 0.15) is 12.2 Å². The van der Waals surface area contributed by atoms with Crippen LogP contribution in [-0.2, 0) is 17.8 Å². The number of carboxylic acids is 1. The Morgan fingerprint density at radius 2 is 2.11 bits per heavy atom. The quantitative estimate of drug-likeness (QED) is 0.877. The minimum absolute atomic E-state index is 0.172. The highest BCUT2D eigenvalue weighted by atomic mass is 79.9.